The van der Waals surface area contributed by atoms with Crippen molar-refractivity contribution in [3.05, 3.63) is 48.0 Å². The number of likely N-dealkylation sites (tertiary alicyclic amines) is 2. The Hall–Kier alpha value is -1.91. The Morgan fingerprint density at radius 3 is 2.77 bits per heavy atom. The van der Waals surface area contributed by atoms with Crippen LogP contribution < -0.4 is 0 Å². The highest BCUT2D eigenvalue weighted by Crippen LogP contribution is 2.44. The van der Waals surface area contributed by atoms with Crippen molar-refractivity contribution < 1.29 is 9.53 Å². The molecule has 4 rings (SSSR count). The molecule has 0 radical (unpaired) electrons. The number of amides is 1. The third-order valence-electron chi connectivity index (χ3n) is 6.37. The van der Waals surface area contributed by atoms with Gasteiger partial charge in [0.25, 0.3) is 5.91 Å². The highest BCUT2D eigenvalue weighted by molar-refractivity contribution is 5.98. The molecule has 2 heterocycles. The van der Waals surface area contributed by atoms with Crippen LogP contribution in [0.2, 0.25) is 0 Å². The molecular formula is C22H28N2O2. The predicted octanol–water partition coefficient (Wildman–Crippen LogP) is 3.27. The van der Waals surface area contributed by atoms with Crippen LogP contribution in [0.1, 0.15) is 23.7 Å². The smallest absolute Gasteiger partial charge is 0.253 e. The van der Waals surface area contributed by atoms with Crippen molar-refractivity contribution in [2.75, 3.05) is 46.4 Å². The first kappa shape index (κ1) is 17.5. The monoisotopic (exact) mass is 352 g/mol. The Morgan fingerprint density at radius 2 is 2.00 bits per heavy atom. The van der Waals surface area contributed by atoms with E-state index >= 15 is 0 Å². The zero-order valence-electron chi connectivity index (χ0n) is 15.8. The van der Waals surface area contributed by atoms with Gasteiger partial charge in [0, 0.05) is 50.2 Å². The normalized spacial score (nSPS) is 26.2. The molecule has 2 aliphatic heterocycles. The fourth-order valence-corrected chi connectivity index (χ4v) is 4.85. The Morgan fingerprint density at radius 1 is 1.19 bits per heavy atom. The summed E-state index contributed by atoms with van der Waals surface area (Å²) in [6.45, 7) is 7.94. The third kappa shape index (κ3) is 3.01. The Balaban J connectivity index is 1.54. The molecule has 2 aromatic rings. The van der Waals surface area contributed by atoms with Crippen LogP contribution in [0.15, 0.2) is 42.5 Å². The van der Waals surface area contributed by atoms with Gasteiger partial charge in [-0.15, -0.1) is 0 Å². The minimum atomic E-state index is 0.166. The molecule has 2 aliphatic rings. The topological polar surface area (TPSA) is 32.8 Å². The van der Waals surface area contributed by atoms with E-state index in [0.717, 1.165) is 56.7 Å². The SMILES string of the molecule is CCN1C[C@H](COC)[C@]2(CCN(C(=O)c3ccc4ccccc4c3)C2)C1. The molecule has 0 N–H and O–H groups in total. The van der Waals surface area contributed by atoms with Crippen LogP contribution in [-0.2, 0) is 4.74 Å². The summed E-state index contributed by atoms with van der Waals surface area (Å²) in [6, 6.07) is 14.3. The van der Waals surface area contributed by atoms with E-state index < -0.39 is 0 Å². The second-order valence-corrected chi connectivity index (χ2v) is 7.88. The van der Waals surface area contributed by atoms with Crippen LogP contribution in [0.4, 0.5) is 0 Å². The zero-order valence-corrected chi connectivity index (χ0v) is 15.8. The van der Waals surface area contributed by atoms with Gasteiger partial charge in [0.05, 0.1) is 6.61 Å². The standard InChI is InChI=1S/C22H28N2O2/c1-3-23-13-20(14-26-2)22(15-23)10-11-24(16-22)21(25)19-9-8-17-6-4-5-7-18(17)12-19/h4-9,12,20H,3,10-11,13-16H2,1-2H3/t20-,22-/m1/s1. The summed E-state index contributed by atoms with van der Waals surface area (Å²) in [7, 11) is 1.79. The Kier molecular flexibility index (Phi) is 4.72. The lowest BCUT2D eigenvalue weighted by atomic mass is 9.77. The molecule has 138 valence electrons. The lowest BCUT2D eigenvalue weighted by Gasteiger charge is -2.30. The molecule has 26 heavy (non-hydrogen) atoms. The van der Waals surface area contributed by atoms with Gasteiger partial charge in [-0.25, -0.2) is 0 Å². The van der Waals surface area contributed by atoms with Gasteiger partial charge in [0.2, 0.25) is 0 Å². The van der Waals surface area contributed by atoms with E-state index in [1.807, 2.05) is 24.3 Å². The van der Waals surface area contributed by atoms with Crippen molar-refractivity contribution in [3.8, 4) is 0 Å². The summed E-state index contributed by atoms with van der Waals surface area (Å²) in [6.07, 6.45) is 1.08. The van der Waals surface area contributed by atoms with Gasteiger partial charge < -0.3 is 14.5 Å². The summed E-state index contributed by atoms with van der Waals surface area (Å²) in [5, 5.41) is 2.30. The van der Waals surface area contributed by atoms with Gasteiger partial charge in [0.1, 0.15) is 0 Å². The van der Waals surface area contributed by atoms with Crippen LogP contribution >= 0.6 is 0 Å². The maximum Gasteiger partial charge on any atom is 0.253 e. The molecule has 4 heteroatoms. The predicted molar refractivity (Wildman–Crippen MR) is 104 cm³/mol. The maximum atomic E-state index is 13.1. The average molecular weight is 352 g/mol. The summed E-state index contributed by atoms with van der Waals surface area (Å²) in [5.74, 6) is 0.681. The van der Waals surface area contributed by atoms with Gasteiger partial charge in [-0.2, -0.15) is 0 Å². The second-order valence-electron chi connectivity index (χ2n) is 7.88. The lowest BCUT2D eigenvalue weighted by molar-refractivity contribution is 0.0716. The summed E-state index contributed by atoms with van der Waals surface area (Å²) >= 11 is 0. The van der Waals surface area contributed by atoms with Gasteiger partial charge >= 0.3 is 0 Å². The highest BCUT2D eigenvalue weighted by atomic mass is 16.5. The number of rotatable bonds is 4. The van der Waals surface area contributed by atoms with E-state index in [0.29, 0.717) is 5.92 Å². The first-order valence-corrected chi connectivity index (χ1v) is 9.64. The number of hydrogen-bond acceptors (Lipinski definition) is 3. The number of hydrogen-bond donors (Lipinski definition) is 0. The third-order valence-corrected chi connectivity index (χ3v) is 6.37. The Bertz CT molecular complexity index is 806. The van der Waals surface area contributed by atoms with Crippen molar-refractivity contribution >= 4 is 16.7 Å². The van der Waals surface area contributed by atoms with E-state index in [9.17, 15) is 4.79 Å². The van der Waals surface area contributed by atoms with Crippen molar-refractivity contribution in [1.29, 1.82) is 0 Å². The van der Waals surface area contributed by atoms with Crippen LogP contribution in [0.5, 0.6) is 0 Å². The number of fused-ring (bicyclic) bond motifs is 1. The first-order chi connectivity index (χ1) is 12.6. The summed E-state index contributed by atoms with van der Waals surface area (Å²) < 4.78 is 5.50. The van der Waals surface area contributed by atoms with E-state index in [1.54, 1.807) is 7.11 Å². The van der Waals surface area contributed by atoms with E-state index in [1.165, 1.54) is 5.39 Å². The summed E-state index contributed by atoms with van der Waals surface area (Å²) in [4.78, 5) is 17.7. The number of methoxy groups -OCH3 is 1. The molecule has 0 aliphatic carbocycles. The molecule has 0 aromatic heterocycles. The number of carbonyl (C=O) groups excluding carboxylic acids is 1. The number of carbonyl (C=O) groups is 1. The van der Waals surface area contributed by atoms with Crippen LogP contribution in [0.3, 0.4) is 0 Å². The number of nitrogens with zero attached hydrogens (tertiary/aromatic N) is 2. The quantitative estimate of drug-likeness (QED) is 0.847. The molecule has 2 saturated heterocycles. The molecule has 2 aromatic carbocycles. The molecule has 2 atom stereocenters. The molecular weight excluding hydrogens is 324 g/mol. The van der Waals surface area contributed by atoms with Crippen molar-refractivity contribution in [2.24, 2.45) is 11.3 Å². The molecule has 4 nitrogen and oxygen atoms in total. The van der Waals surface area contributed by atoms with Gasteiger partial charge in [-0.1, -0.05) is 37.3 Å². The molecule has 0 unspecified atom stereocenters. The minimum absolute atomic E-state index is 0.166. The minimum Gasteiger partial charge on any atom is -0.384 e. The van der Waals surface area contributed by atoms with Crippen molar-refractivity contribution in [3.63, 3.8) is 0 Å². The molecule has 1 amide bonds. The maximum absolute atomic E-state index is 13.1. The van der Waals surface area contributed by atoms with Crippen LogP contribution in [-0.4, -0.2) is 62.1 Å². The van der Waals surface area contributed by atoms with Gasteiger partial charge in [-0.05, 0) is 35.9 Å². The van der Waals surface area contributed by atoms with Crippen molar-refractivity contribution in [1.82, 2.24) is 9.80 Å². The molecule has 1 spiro atoms. The fraction of sp³-hybridized carbons (Fsp3) is 0.500. The zero-order chi connectivity index (χ0) is 18.1. The van der Waals surface area contributed by atoms with Gasteiger partial charge in [0.15, 0.2) is 0 Å². The molecule has 0 bridgehead atoms. The first-order valence-electron chi connectivity index (χ1n) is 9.64. The van der Waals surface area contributed by atoms with E-state index in [4.69, 9.17) is 4.74 Å². The lowest BCUT2D eigenvalue weighted by Crippen LogP contribution is -2.38. The highest BCUT2D eigenvalue weighted by Gasteiger charge is 2.50. The van der Waals surface area contributed by atoms with Gasteiger partial charge in [-0.3, -0.25) is 4.79 Å². The Labute approximate surface area is 155 Å². The van der Waals surface area contributed by atoms with Crippen molar-refractivity contribution in [2.45, 2.75) is 13.3 Å². The van der Waals surface area contributed by atoms with E-state index in [-0.39, 0.29) is 11.3 Å². The largest absolute Gasteiger partial charge is 0.384 e. The molecule has 2 fully saturated rings. The van der Waals surface area contributed by atoms with Crippen LogP contribution in [0.25, 0.3) is 10.8 Å². The number of ether oxygens (including phenoxy) is 1. The summed E-state index contributed by atoms with van der Waals surface area (Å²) in [5.41, 5.74) is 0.993. The number of benzene rings is 2. The van der Waals surface area contributed by atoms with E-state index in [2.05, 4.69) is 34.9 Å². The fourth-order valence-electron chi connectivity index (χ4n) is 4.85. The molecule has 0 saturated carbocycles. The van der Waals surface area contributed by atoms with Crippen LogP contribution in [0, 0.1) is 11.3 Å². The second kappa shape index (κ2) is 7.01. The average Bonchev–Trinajstić information content (AvgIpc) is 3.25.